The Balaban J connectivity index is 0.947. The van der Waals surface area contributed by atoms with Gasteiger partial charge < -0.3 is 26.0 Å². The second-order valence-corrected chi connectivity index (χ2v) is 14.5. The molecule has 0 aliphatic carbocycles. The summed E-state index contributed by atoms with van der Waals surface area (Å²) in [6.45, 7) is 12.1. The Labute approximate surface area is 327 Å². The highest BCUT2D eigenvalue weighted by atomic mass is 35.5. The summed E-state index contributed by atoms with van der Waals surface area (Å²) in [6, 6.07) is 22.9. The summed E-state index contributed by atoms with van der Waals surface area (Å²) in [5, 5.41) is 15.5. The lowest BCUT2D eigenvalue weighted by molar-refractivity contribution is -0.123. The summed E-state index contributed by atoms with van der Waals surface area (Å²) in [5.74, 6) is 0.122. The molecule has 1 aliphatic rings. The van der Waals surface area contributed by atoms with E-state index in [0.29, 0.717) is 34.1 Å². The number of aromatic nitrogens is 2. The van der Waals surface area contributed by atoms with E-state index < -0.39 is 0 Å². The van der Waals surface area contributed by atoms with Crippen LogP contribution in [-0.4, -0.2) is 116 Å². The molecule has 3 aromatic carbocycles. The van der Waals surface area contributed by atoms with Gasteiger partial charge in [0.05, 0.1) is 36.8 Å². The van der Waals surface area contributed by atoms with Gasteiger partial charge in [0.1, 0.15) is 5.75 Å². The van der Waals surface area contributed by atoms with Crippen LogP contribution in [0.1, 0.15) is 32.9 Å². The summed E-state index contributed by atoms with van der Waals surface area (Å²) in [4.78, 5) is 49.2. The molecule has 1 aliphatic heterocycles. The lowest BCUT2D eigenvalue weighted by atomic mass is 10.1. The number of halogens is 1. The Bertz CT molecular complexity index is 2100. The van der Waals surface area contributed by atoms with Crippen molar-refractivity contribution in [2.75, 3.05) is 79.1 Å². The lowest BCUT2D eigenvalue weighted by Crippen LogP contribution is -2.46. The molecule has 0 saturated carbocycles. The maximum absolute atomic E-state index is 13.6. The maximum atomic E-state index is 13.6. The molecule has 0 spiro atoms. The zero-order valence-corrected chi connectivity index (χ0v) is 32.7. The number of benzene rings is 3. The summed E-state index contributed by atoms with van der Waals surface area (Å²) < 4.78 is 7.08. The Kier molecular flexibility index (Phi) is 13.9. The van der Waals surface area contributed by atoms with Gasteiger partial charge in [-0.1, -0.05) is 29.3 Å². The van der Waals surface area contributed by atoms with Crippen molar-refractivity contribution in [3.8, 4) is 5.75 Å². The lowest BCUT2D eigenvalue weighted by Gasteiger charge is -2.26. The smallest absolute Gasteiger partial charge is 0.262 e. The molecule has 2 aromatic heterocycles. The minimum Gasteiger partial charge on any atom is -0.497 e. The predicted octanol–water partition coefficient (Wildman–Crippen LogP) is 3.93. The molecule has 0 atom stereocenters. The highest BCUT2D eigenvalue weighted by molar-refractivity contribution is 6.30. The molecule has 4 N–H and O–H groups in total. The van der Waals surface area contributed by atoms with Gasteiger partial charge in [0.25, 0.3) is 5.91 Å². The van der Waals surface area contributed by atoms with E-state index in [-0.39, 0.29) is 37.2 Å². The number of hydrogen-bond acceptors (Lipinski definition) is 9. The second kappa shape index (κ2) is 19.1. The van der Waals surface area contributed by atoms with Crippen molar-refractivity contribution in [1.29, 1.82) is 0 Å². The first-order valence-corrected chi connectivity index (χ1v) is 19.3. The van der Waals surface area contributed by atoms with Crippen molar-refractivity contribution in [2.45, 2.75) is 26.8 Å². The number of ether oxygens (including phenoxy) is 1. The van der Waals surface area contributed by atoms with E-state index in [9.17, 15) is 14.4 Å². The number of hydrogen-bond donors (Lipinski definition) is 4. The van der Waals surface area contributed by atoms with Crippen molar-refractivity contribution in [1.82, 2.24) is 40.6 Å². The Hall–Kier alpha value is -4.85. The van der Waals surface area contributed by atoms with Crippen LogP contribution in [0.4, 0.5) is 0 Å². The van der Waals surface area contributed by atoms with Crippen LogP contribution in [0.15, 0.2) is 72.8 Å². The highest BCUT2D eigenvalue weighted by Gasteiger charge is 2.22. The SMILES string of the molecule is COc1ccc2c(c1)c(CC(=O)NCCNC(=O)CN1CCNCCN(Cc3ccc4cc(C)ccc4n3)CCNCC1)c(C)n2C(=O)c1ccc(Cl)cc1. The molecule has 55 heavy (non-hydrogen) atoms. The average Bonchev–Trinajstić information content (AvgIpc) is 3.44. The van der Waals surface area contributed by atoms with Crippen LogP contribution in [0, 0.1) is 13.8 Å². The molecule has 3 heterocycles. The number of rotatable bonds is 11. The van der Waals surface area contributed by atoms with Gasteiger partial charge in [0.2, 0.25) is 11.8 Å². The molecule has 290 valence electrons. The summed E-state index contributed by atoms with van der Waals surface area (Å²) in [5.41, 5.74) is 5.92. The van der Waals surface area contributed by atoms with Gasteiger partial charge in [-0.3, -0.25) is 33.7 Å². The van der Waals surface area contributed by atoms with Gasteiger partial charge in [-0.05, 0) is 80.1 Å². The van der Waals surface area contributed by atoms with Gasteiger partial charge in [0, 0.05) is 99.0 Å². The molecule has 1 fully saturated rings. The normalized spacial score (nSPS) is 15.0. The van der Waals surface area contributed by atoms with Crippen LogP contribution in [0.3, 0.4) is 0 Å². The number of nitrogens with zero attached hydrogens (tertiary/aromatic N) is 4. The number of aryl methyl sites for hydroxylation is 1. The van der Waals surface area contributed by atoms with Crippen LogP contribution in [0.25, 0.3) is 21.8 Å². The number of amides is 2. The first kappa shape index (κ1) is 39.8. The van der Waals surface area contributed by atoms with E-state index in [4.69, 9.17) is 21.3 Å². The van der Waals surface area contributed by atoms with Crippen LogP contribution in [0.2, 0.25) is 5.02 Å². The van der Waals surface area contributed by atoms with Gasteiger partial charge in [-0.2, -0.15) is 0 Å². The standard InChI is InChI=1S/C42H51ClN8O4/c1-29-4-12-38-32(24-29)7-10-34(48-38)27-49-20-16-44-18-22-50(23-19-45-17-21-49)28-41(53)47-15-14-46-40(52)26-36-30(2)51(39-13-11-35(55-3)25-37(36)39)42(54)31-5-8-33(43)9-6-31/h4-13,24-25,44-45H,14-23,26-28H2,1-3H3,(H,46,52)(H,47,53). The maximum Gasteiger partial charge on any atom is 0.262 e. The number of carbonyl (C=O) groups excluding carboxylic acids is 3. The molecule has 0 radical (unpaired) electrons. The molecular formula is C42H51ClN8O4. The fraction of sp³-hybridized carbons (Fsp3) is 0.381. The quantitative estimate of drug-likeness (QED) is 0.148. The van der Waals surface area contributed by atoms with Crippen LogP contribution >= 0.6 is 11.6 Å². The van der Waals surface area contributed by atoms with Gasteiger partial charge in [0.15, 0.2) is 0 Å². The second-order valence-electron chi connectivity index (χ2n) is 14.0. The zero-order chi connectivity index (χ0) is 38.7. The third-order valence-corrected chi connectivity index (χ3v) is 10.3. The highest BCUT2D eigenvalue weighted by Crippen LogP contribution is 2.31. The fourth-order valence-corrected chi connectivity index (χ4v) is 7.15. The molecule has 5 aromatic rings. The Morgan fingerprint density at radius 1 is 0.800 bits per heavy atom. The first-order chi connectivity index (χ1) is 26.7. The van der Waals surface area contributed by atoms with Crippen molar-refractivity contribution in [3.63, 3.8) is 0 Å². The molecule has 1 saturated heterocycles. The van der Waals surface area contributed by atoms with E-state index in [2.05, 4.69) is 68.3 Å². The Morgan fingerprint density at radius 3 is 2.16 bits per heavy atom. The summed E-state index contributed by atoms with van der Waals surface area (Å²) >= 11 is 6.05. The Morgan fingerprint density at radius 2 is 1.47 bits per heavy atom. The third kappa shape index (κ3) is 10.7. The van der Waals surface area contributed by atoms with E-state index in [1.54, 1.807) is 42.0 Å². The number of nitrogens with one attached hydrogen (secondary N) is 4. The van der Waals surface area contributed by atoms with Crippen LogP contribution in [-0.2, 0) is 22.6 Å². The van der Waals surface area contributed by atoms with Crippen molar-refractivity contribution >= 4 is 51.1 Å². The van der Waals surface area contributed by atoms with Gasteiger partial charge in [-0.25, -0.2) is 0 Å². The number of carbonyl (C=O) groups is 3. The molecule has 2 amide bonds. The van der Waals surface area contributed by atoms with Gasteiger partial charge in [-0.15, -0.1) is 0 Å². The average molecular weight is 767 g/mol. The number of methoxy groups -OCH3 is 1. The minimum absolute atomic E-state index is 0.0654. The predicted molar refractivity (Wildman–Crippen MR) is 218 cm³/mol. The number of pyridine rings is 1. The molecule has 6 rings (SSSR count). The van der Waals surface area contributed by atoms with Crippen molar-refractivity contribution in [3.05, 3.63) is 106 Å². The monoisotopic (exact) mass is 766 g/mol. The van der Waals surface area contributed by atoms with Gasteiger partial charge >= 0.3 is 0 Å². The third-order valence-electron chi connectivity index (χ3n) is 10.0. The van der Waals surface area contributed by atoms with E-state index in [1.807, 2.05) is 19.1 Å². The first-order valence-electron chi connectivity index (χ1n) is 18.9. The molecule has 0 unspecified atom stereocenters. The molecule has 12 nitrogen and oxygen atoms in total. The zero-order valence-electron chi connectivity index (χ0n) is 31.9. The minimum atomic E-state index is -0.213. The summed E-state index contributed by atoms with van der Waals surface area (Å²) in [6.07, 6.45) is 0.0654. The van der Waals surface area contributed by atoms with Crippen molar-refractivity contribution in [2.24, 2.45) is 0 Å². The van der Waals surface area contributed by atoms with Crippen LogP contribution in [0.5, 0.6) is 5.75 Å². The molecule has 13 heteroatoms. The van der Waals surface area contributed by atoms with E-state index in [1.165, 1.54) is 10.9 Å². The number of fused-ring (bicyclic) bond motifs is 2. The topological polar surface area (TPSA) is 133 Å². The van der Waals surface area contributed by atoms with Crippen molar-refractivity contribution < 1.29 is 19.1 Å². The van der Waals surface area contributed by atoms with Crippen LogP contribution < -0.4 is 26.0 Å². The molecular weight excluding hydrogens is 716 g/mol. The van der Waals surface area contributed by atoms with E-state index in [0.717, 1.165) is 81.1 Å². The molecule has 0 bridgehead atoms. The summed E-state index contributed by atoms with van der Waals surface area (Å²) in [7, 11) is 1.58. The largest absolute Gasteiger partial charge is 0.497 e. The van der Waals surface area contributed by atoms with E-state index >= 15 is 0 Å². The fourth-order valence-electron chi connectivity index (χ4n) is 7.02.